The molecule has 0 radical (unpaired) electrons. The summed E-state index contributed by atoms with van der Waals surface area (Å²) in [5, 5.41) is 11.3. The molecular formula is C11H21N3. The highest BCUT2D eigenvalue weighted by Crippen LogP contribution is 2.19. The Bertz CT molecular complexity index is 206. The van der Waals surface area contributed by atoms with Gasteiger partial charge in [0.15, 0.2) is 0 Å². The highest BCUT2D eigenvalue weighted by atomic mass is 15.5. The van der Waals surface area contributed by atoms with Crippen molar-refractivity contribution in [3.05, 3.63) is 0 Å². The summed E-state index contributed by atoms with van der Waals surface area (Å²) >= 11 is 0. The van der Waals surface area contributed by atoms with E-state index in [4.69, 9.17) is 5.26 Å². The van der Waals surface area contributed by atoms with E-state index in [0.29, 0.717) is 0 Å². The second-order valence-corrected chi connectivity index (χ2v) is 5.10. The lowest BCUT2D eigenvalue weighted by atomic mass is 9.88. The first-order valence-electron chi connectivity index (χ1n) is 5.45. The van der Waals surface area contributed by atoms with Gasteiger partial charge in [-0.3, -0.25) is 0 Å². The molecule has 0 bridgehead atoms. The van der Waals surface area contributed by atoms with Gasteiger partial charge in [-0.1, -0.05) is 27.2 Å². The average Bonchev–Trinajstić information content (AvgIpc) is 2.14. The van der Waals surface area contributed by atoms with Crippen LogP contribution in [0.2, 0.25) is 0 Å². The van der Waals surface area contributed by atoms with Gasteiger partial charge in [-0.15, -0.1) is 0 Å². The van der Waals surface area contributed by atoms with E-state index in [2.05, 4.69) is 37.3 Å². The molecule has 0 aromatic rings. The number of hydrogen-bond donors (Lipinski definition) is 1. The van der Waals surface area contributed by atoms with Crippen LogP contribution in [0.4, 0.5) is 0 Å². The van der Waals surface area contributed by atoms with Gasteiger partial charge < -0.3 is 0 Å². The normalized spacial score (nSPS) is 21.6. The average molecular weight is 195 g/mol. The third kappa shape index (κ3) is 3.28. The molecule has 1 aliphatic rings. The van der Waals surface area contributed by atoms with Crippen molar-refractivity contribution in [1.82, 2.24) is 10.4 Å². The van der Waals surface area contributed by atoms with Crippen LogP contribution in [-0.4, -0.2) is 24.1 Å². The van der Waals surface area contributed by atoms with Gasteiger partial charge in [0, 0.05) is 13.1 Å². The van der Waals surface area contributed by atoms with Crippen molar-refractivity contribution in [2.45, 2.75) is 46.1 Å². The maximum Gasteiger partial charge on any atom is 0.113 e. The van der Waals surface area contributed by atoms with Crippen molar-refractivity contribution < 1.29 is 0 Å². The van der Waals surface area contributed by atoms with Crippen molar-refractivity contribution in [2.24, 2.45) is 5.41 Å². The van der Waals surface area contributed by atoms with Gasteiger partial charge in [0.05, 0.1) is 6.07 Å². The van der Waals surface area contributed by atoms with E-state index in [1.807, 2.05) is 0 Å². The second-order valence-electron chi connectivity index (χ2n) is 5.10. The first-order valence-corrected chi connectivity index (χ1v) is 5.45. The summed E-state index contributed by atoms with van der Waals surface area (Å²) < 4.78 is 0. The van der Waals surface area contributed by atoms with Crippen LogP contribution in [0.3, 0.4) is 0 Å². The second kappa shape index (κ2) is 4.77. The molecule has 3 nitrogen and oxygen atoms in total. The van der Waals surface area contributed by atoms with Gasteiger partial charge in [0.2, 0.25) is 0 Å². The molecule has 0 saturated carbocycles. The van der Waals surface area contributed by atoms with Gasteiger partial charge in [0.1, 0.15) is 6.04 Å². The molecule has 0 amide bonds. The number of nitrogens with one attached hydrogen (secondary N) is 1. The molecule has 14 heavy (non-hydrogen) atoms. The Labute approximate surface area is 87.1 Å². The molecule has 3 heteroatoms. The Morgan fingerprint density at radius 1 is 1.21 bits per heavy atom. The largest absolute Gasteiger partial charge is 0.243 e. The van der Waals surface area contributed by atoms with Crippen LogP contribution in [0.25, 0.3) is 0 Å². The summed E-state index contributed by atoms with van der Waals surface area (Å²) in [5.41, 5.74) is 3.32. The number of nitriles is 1. The van der Waals surface area contributed by atoms with Gasteiger partial charge in [-0.05, 0) is 18.3 Å². The zero-order valence-electron chi connectivity index (χ0n) is 9.51. The van der Waals surface area contributed by atoms with Crippen LogP contribution in [-0.2, 0) is 0 Å². The summed E-state index contributed by atoms with van der Waals surface area (Å²) in [5.74, 6) is 0. The Hall–Kier alpha value is -0.590. The molecule has 1 heterocycles. The maximum absolute atomic E-state index is 9.05. The molecule has 1 fully saturated rings. The van der Waals surface area contributed by atoms with Crippen molar-refractivity contribution >= 4 is 0 Å². The first-order chi connectivity index (χ1) is 6.54. The number of hydrazine groups is 1. The lowest BCUT2D eigenvalue weighted by molar-refractivity contribution is 0.108. The molecule has 0 aromatic carbocycles. The topological polar surface area (TPSA) is 39.1 Å². The lowest BCUT2D eigenvalue weighted by Gasteiger charge is -2.34. The summed E-state index contributed by atoms with van der Waals surface area (Å²) in [7, 11) is 0. The van der Waals surface area contributed by atoms with Crippen molar-refractivity contribution in [2.75, 3.05) is 13.1 Å². The van der Waals surface area contributed by atoms with E-state index in [9.17, 15) is 0 Å². The van der Waals surface area contributed by atoms with E-state index in [0.717, 1.165) is 13.1 Å². The van der Waals surface area contributed by atoms with Crippen LogP contribution in [0.15, 0.2) is 0 Å². The Balaban J connectivity index is 2.44. The fourth-order valence-corrected chi connectivity index (χ4v) is 1.62. The van der Waals surface area contributed by atoms with E-state index in [-0.39, 0.29) is 11.5 Å². The highest BCUT2D eigenvalue weighted by Gasteiger charge is 2.26. The highest BCUT2D eigenvalue weighted by molar-refractivity contribution is 4.97. The van der Waals surface area contributed by atoms with E-state index in [1.165, 1.54) is 19.3 Å². The van der Waals surface area contributed by atoms with Crippen LogP contribution >= 0.6 is 0 Å². The number of nitrogens with zero attached hydrogens (tertiary/aromatic N) is 2. The standard InChI is InChI=1S/C11H21N3/c1-11(2,3)10(9-12)13-14-7-5-4-6-8-14/h10,13H,4-8H2,1-3H3. The van der Waals surface area contributed by atoms with Gasteiger partial charge in [-0.25, -0.2) is 10.4 Å². The minimum Gasteiger partial charge on any atom is -0.243 e. The van der Waals surface area contributed by atoms with Crippen molar-refractivity contribution in [3.63, 3.8) is 0 Å². The van der Waals surface area contributed by atoms with Gasteiger partial charge in [0.25, 0.3) is 0 Å². The zero-order chi connectivity index (χ0) is 10.6. The molecule has 1 atom stereocenters. The van der Waals surface area contributed by atoms with Crippen molar-refractivity contribution in [1.29, 1.82) is 5.26 Å². The minimum atomic E-state index is -0.0828. The van der Waals surface area contributed by atoms with Crippen LogP contribution in [0.1, 0.15) is 40.0 Å². The maximum atomic E-state index is 9.05. The SMILES string of the molecule is CC(C)(C)C(C#N)NN1CCCCC1. The molecule has 0 aromatic heterocycles. The molecule has 0 aliphatic carbocycles. The van der Waals surface area contributed by atoms with Crippen LogP contribution < -0.4 is 5.43 Å². The summed E-state index contributed by atoms with van der Waals surface area (Å²) in [6.07, 6.45) is 3.81. The monoisotopic (exact) mass is 195 g/mol. The molecule has 1 N–H and O–H groups in total. The predicted octanol–water partition coefficient (Wildman–Crippen LogP) is 1.92. The zero-order valence-corrected chi connectivity index (χ0v) is 9.51. The molecule has 1 aliphatic heterocycles. The number of piperidine rings is 1. The summed E-state index contributed by atoms with van der Waals surface area (Å²) in [6.45, 7) is 8.44. The minimum absolute atomic E-state index is 0.00615. The van der Waals surface area contributed by atoms with E-state index >= 15 is 0 Å². The molecule has 0 spiro atoms. The van der Waals surface area contributed by atoms with Gasteiger partial charge in [-0.2, -0.15) is 5.26 Å². The smallest absolute Gasteiger partial charge is 0.113 e. The lowest BCUT2D eigenvalue weighted by Crippen LogP contribution is -2.51. The quantitative estimate of drug-likeness (QED) is 0.731. The fraction of sp³-hybridized carbons (Fsp3) is 0.909. The van der Waals surface area contributed by atoms with Gasteiger partial charge >= 0.3 is 0 Å². The Kier molecular flexibility index (Phi) is 3.91. The van der Waals surface area contributed by atoms with Crippen LogP contribution in [0, 0.1) is 16.7 Å². The molecule has 80 valence electrons. The molecule has 1 saturated heterocycles. The third-order valence-electron chi connectivity index (χ3n) is 2.66. The fourth-order valence-electron chi connectivity index (χ4n) is 1.62. The Morgan fingerprint density at radius 3 is 2.21 bits per heavy atom. The molecule has 1 rings (SSSR count). The van der Waals surface area contributed by atoms with Crippen molar-refractivity contribution in [3.8, 4) is 6.07 Å². The predicted molar refractivity (Wildman–Crippen MR) is 57.4 cm³/mol. The molecular weight excluding hydrogens is 174 g/mol. The summed E-state index contributed by atoms with van der Waals surface area (Å²) in [6, 6.07) is 2.25. The Morgan fingerprint density at radius 2 is 1.79 bits per heavy atom. The number of hydrogen-bond acceptors (Lipinski definition) is 3. The van der Waals surface area contributed by atoms with E-state index < -0.39 is 0 Å². The summed E-state index contributed by atoms with van der Waals surface area (Å²) in [4.78, 5) is 0. The van der Waals surface area contributed by atoms with Crippen LogP contribution in [0.5, 0.6) is 0 Å². The van der Waals surface area contributed by atoms with E-state index in [1.54, 1.807) is 0 Å². The number of rotatable bonds is 2. The third-order valence-corrected chi connectivity index (χ3v) is 2.66. The molecule has 1 unspecified atom stereocenters. The first kappa shape index (κ1) is 11.5.